The van der Waals surface area contributed by atoms with Crippen LogP contribution in [0.1, 0.15) is 27.2 Å². The number of amides is 2. The number of carboxylic acids is 1. The lowest BCUT2D eigenvalue weighted by molar-refractivity contribution is -0.143. The maximum absolute atomic E-state index is 11.8. The average molecular weight is 274 g/mol. The van der Waals surface area contributed by atoms with E-state index in [9.17, 15) is 14.4 Å². The molecular weight excluding hydrogens is 252 g/mol. The highest BCUT2D eigenvalue weighted by molar-refractivity contribution is 5.80. The van der Waals surface area contributed by atoms with Crippen molar-refractivity contribution in [3.63, 3.8) is 0 Å². The van der Waals surface area contributed by atoms with Gasteiger partial charge in [-0.25, -0.2) is 4.79 Å². The lowest BCUT2D eigenvalue weighted by atomic mass is 10.1. The van der Waals surface area contributed by atoms with Gasteiger partial charge in [0.25, 0.3) is 0 Å². The van der Waals surface area contributed by atoms with Crippen molar-refractivity contribution in [3.05, 3.63) is 0 Å². The van der Waals surface area contributed by atoms with Crippen LogP contribution >= 0.6 is 0 Å². The molecule has 7 nitrogen and oxygen atoms in total. The van der Waals surface area contributed by atoms with Gasteiger partial charge in [0, 0.05) is 19.5 Å². The highest BCUT2D eigenvalue weighted by Gasteiger charge is 2.17. The van der Waals surface area contributed by atoms with E-state index in [0.29, 0.717) is 6.54 Å². The van der Waals surface area contributed by atoms with Gasteiger partial charge in [0.15, 0.2) is 0 Å². The Morgan fingerprint density at radius 3 is 2.42 bits per heavy atom. The Morgan fingerprint density at radius 1 is 1.32 bits per heavy atom. The second kappa shape index (κ2) is 9.18. The molecule has 0 saturated carbocycles. The number of likely N-dealkylation sites (N-methyl/N-ethyl adjacent to an activating group) is 1. The normalized spacial score (nSPS) is 11.5. The molecule has 1 unspecified atom stereocenters. The first-order chi connectivity index (χ1) is 8.90. The molecule has 0 aromatic rings. The fourth-order valence-electron chi connectivity index (χ4n) is 1.43. The molecule has 2 N–H and O–H groups in total. The Bertz CT molecular complexity index is 319. The summed E-state index contributed by atoms with van der Waals surface area (Å²) in [5, 5.41) is 11.2. The van der Waals surface area contributed by atoms with Gasteiger partial charge in [-0.1, -0.05) is 6.92 Å². The van der Waals surface area contributed by atoms with Gasteiger partial charge in [-0.05, 0) is 19.8 Å². The van der Waals surface area contributed by atoms with Crippen LogP contribution in [0.2, 0.25) is 0 Å². The van der Waals surface area contributed by atoms with E-state index in [1.807, 2.05) is 0 Å². The van der Waals surface area contributed by atoms with Gasteiger partial charge in [-0.15, -0.1) is 0 Å². The molecule has 1 atom stereocenters. The minimum atomic E-state index is -0.902. The summed E-state index contributed by atoms with van der Waals surface area (Å²) < 4.78 is 4.76. The number of esters is 1. The van der Waals surface area contributed by atoms with E-state index in [2.05, 4.69) is 5.32 Å². The van der Waals surface area contributed by atoms with E-state index in [-0.39, 0.29) is 32.0 Å². The lowest BCUT2D eigenvalue weighted by Crippen LogP contribution is -2.44. The summed E-state index contributed by atoms with van der Waals surface area (Å²) in [6.45, 7) is 5.97. The molecule has 0 aliphatic carbocycles. The first-order valence-corrected chi connectivity index (χ1v) is 6.30. The minimum absolute atomic E-state index is 0.00964. The zero-order valence-corrected chi connectivity index (χ0v) is 11.6. The molecule has 0 aliphatic heterocycles. The molecule has 0 aromatic heterocycles. The van der Waals surface area contributed by atoms with Gasteiger partial charge in [-0.3, -0.25) is 9.59 Å². The van der Waals surface area contributed by atoms with Crippen LogP contribution in [0.4, 0.5) is 4.79 Å². The summed E-state index contributed by atoms with van der Waals surface area (Å²) >= 11 is 0. The third-order valence-electron chi connectivity index (χ3n) is 2.42. The fraction of sp³-hybridized carbons (Fsp3) is 0.750. The molecule has 2 amide bonds. The lowest BCUT2D eigenvalue weighted by Gasteiger charge is -2.21. The molecule has 0 rings (SSSR count). The molecule has 19 heavy (non-hydrogen) atoms. The van der Waals surface area contributed by atoms with Crippen LogP contribution in [0.3, 0.4) is 0 Å². The number of rotatable bonds is 8. The van der Waals surface area contributed by atoms with E-state index in [0.717, 1.165) is 0 Å². The van der Waals surface area contributed by atoms with Crippen molar-refractivity contribution in [1.29, 1.82) is 0 Å². The van der Waals surface area contributed by atoms with Crippen LogP contribution in [0, 0.1) is 5.92 Å². The Hall–Kier alpha value is -1.79. The molecule has 0 spiro atoms. The molecule has 0 bridgehead atoms. The number of hydrogen-bond acceptors (Lipinski definition) is 4. The van der Waals surface area contributed by atoms with Gasteiger partial charge < -0.3 is 20.1 Å². The number of carboxylic acid groups (broad SMARTS) is 1. The molecule has 0 aromatic carbocycles. The monoisotopic (exact) mass is 274 g/mol. The van der Waals surface area contributed by atoms with Gasteiger partial charge in [0.2, 0.25) is 0 Å². The van der Waals surface area contributed by atoms with Crippen molar-refractivity contribution in [1.82, 2.24) is 10.2 Å². The highest BCUT2D eigenvalue weighted by Crippen LogP contribution is 2.00. The predicted octanol–water partition coefficient (Wildman–Crippen LogP) is 0.692. The molecule has 0 radical (unpaired) electrons. The number of nitrogens with one attached hydrogen (secondary N) is 1. The second-order valence-corrected chi connectivity index (χ2v) is 4.21. The Labute approximate surface area is 112 Å². The van der Waals surface area contributed by atoms with Crippen LogP contribution in [0.15, 0.2) is 0 Å². The number of carbonyl (C=O) groups excluding carboxylic acids is 2. The van der Waals surface area contributed by atoms with Crippen LogP contribution in [-0.2, 0) is 14.3 Å². The predicted molar refractivity (Wildman–Crippen MR) is 68.7 cm³/mol. The first kappa shape index (κ1) is 17.2. The largest absolute Gasteiger partial charge is 0.481 e. The number of hydrogen-bond donors (Lipinski definition) is 2. The summed E-state index contributed by atoms with van der Waals surface area (Å²) in [5.41, 5.74) is 0. The van der Waals surface area contributed by atoms with Crippen LogP contribution in [-0.4, -0.2) is 54.2 Å². The topological polar surface area (TPSA) is 95.9 Å². The highest BCUT2D eigenvalue weighted by atomic mass is 16.5. The quantitative estimate of drug-likeness (QED) is 0.635. The van der Waals surface area contributed by atoms with Crippen LogP contribution < -0.4 is 5.32 Å². The Kier molecular flexibility index (Phi) is 8.32. The van der Waals surface area contributed by atoms with E-state index in [4.69, 9.17) is 9.84 Å². The fourth-order valence-corrected chi connectivity index (χ4v) is 1.43. The summed E-state index contributed by atoms with van der Waals surface area (Å²) in [6, 6.07) is -0.396. The molecule has 110 valence electrons. The van der Waals surface area contributed by atoms with Crippen molar-refractivity contribution in [2.45, 2.75) is 27.2 Å². The zero-order chi connectivity index (χ0) is 14.8. The molecule has 0 saturated heterocycles. The van der Waals surface area contributed by atoms with Crippen LogP contribution in [0.5, 0.6) is 0 Å². The molecule has 0 aliphatic rings. The van der Waals surface area contributed by atoms with Crippen molar-refractivity contribution in [2.75, 3.05) is 26.2 Å². The van der Waals surface area contributed by atoms with Crippen molar-refractivity contribution >= 4 is 18.0 Å². The molecule has 7 heteroatoms. The molecule has 0 fully saturated rings. The maximum Gasteiger partial charge on any atom is 0.325 e. The minimum Gasteiger partial charge on any atom is -0.481 e. The van der Waals surface area contributed by atoms with E-state index in [1.54, 1.807) is 20.8 Å². The molecule has 0 heterocycles. The summed E-state index contributed by atoms with van der Waals surface area (Å²) in [6.07, 6.45) is -0.00964. The smallest absolute Gasteiger partial charge is 0.325 e. The first-order valence-electron chi connectivity index (χ1n) is 6.30. The van der Waals surface area contributed by atoms with Crippen molar-refractivity contribution in [2.24, 2.45) is 5.92 Å². The Morgan fingerprint density at radius 2 is 1.95 bits per heavy atom. The summed E-state index contributed by atoms with van der Waals surface area (Å²) in [5.74, 6) is -1.53. The number of aliphatic carboxylic acids is 1. The zero-order valence-electron chi connectivity index (χ0n) is 11.6. The van der Waals surface area contributed by atoms with Gasteiger partial charge in [0.05, 0.1) is 6.61 Å². The van der Waals surface area contributed by atoms with Crippen molar-refractivity contribution < 1.29 is 24.2 Å². The van der Waals surface area contributed by atoms with E-state index >= 15 is 0 Å². The van der Waals surface area contributed by atoms with E-state index < -0.39 is 18.0 Å². The number of urea groups is 1. The third-order valence-corrected chi connectivity index (χ3v) is 2.42. The summed E-state index contributed by atoms with van der Waals surface area (Å²) in [7, 11) is 0. The number of carbonyl (C=O) groups is 3. The number of ether oxygens (including phenoxy) is 1. The van der Waals surface area contributed by atoms with Gasteiger partial charge in [-0.2, -0.15) is 0 Å². The van der Waals surface area contributed by atoms with Gasteiger partial charge >= 0.3 is 18.0 Å². The third kappa shape index (κ3) is 8.01. The van der Waals surface area contributed by atoms with Gasteiger partial charge in [0.1, 0.15) is 6.54 Å². The standard InChI is InChI=1S/C12H22N2O5/c1-4-14(8-11(17)19-5-2)12(18)13-7-9(3)6-10(15)16/h9H,4-8H2,1-3H3,(H,13,18)(H,15,16). The average Bonchev–Trinajstić information content (AvgIpc) is 2.32. The van der Waals surface area contributed by atoms with Crippen molar-refractivity contribution in [3.8, 4) is 0 Å². The van der Waals surface area contributed by atoms with Crippen LogP contribution in [0.25, 0.3) is 0 Å². The number of nitrogens with zero attached hydrogens (tertiary/aromatic N) is 1. The Balaban J connectivity index is 4.14. The maximum atomic E-state index is 11.8. The van der Waals surface area contributed by atoms with E-state index in [1.165, 1.54) is 4.90 Å². The SMILES string of the molecule is CCOC(=O)CN(CC)C(=O)NCC(C)CC(=O)O. The molecular formula is C12H22N2O5. The second-order valence-electron chi connectivity index (χ2n) is 4.21. The summed E-state index contributed by atoms with van der Waals surface area (Å²) in [4.78, 5) is 34.8.